The zero-order valence-electron chi connectivity index (χ0n) is 15.7. The van der Waals surface area contributed by atoms with E-state index in [1.165, 1.54) is 12.1 Å². The van der Waals surface area contributed by atoms with E-state index in [2.05, 4.69) is 22.0 Å². The third kappa shape index (κ3) is 3.27. The van der Waals surface area contributed by atoms with Gasteiger partial charge in [0.15, 0.2) is 0 Å². The lowest BCUT2D eigenvalue weighted by Gasteiger charge is -2.38. The van der Waals surface area contributed by atoms with Crippen molar-refractivity contribution in [3.8, 4) is 11.5 Å². The topological polar surface area (TPSA) is 34.1 Å². The maximum absolute atomic E-state index is 13.5. The fourth-order valence-electron chi connectivity index (χ4n) is 3.86. The summed E-state index contributed by atoms with van der Waals surface area (Å²) in [6.45, 7) is 0. The summed E-state index contributed by atoms with van der Waals surface area (Å²) in [4.78, 5) is 0. The molecule has 0 amide bonds. The van der Waals surface area contributed by atoms with E-state index in [-0.39, 0.29) is 11.9 Å². The van der Waals surface area contributed by atoms with E-state index in [4.69, 9.17) is 14.6 Å². The van der Waals surface area contributed by atoms with Gasteiger partial charge in [0.25, 0.3) is 0 Å². The Morgan fingerprint density at radius 3 is 2.55 bits per heavy atom. The summed E-state index contributed by atoms with van der Waals surface area (Å²) in [6.07, 6.45) is 0.349. The van der Waals surface area contributed by atoms with E-state index >= 15 is 0 Å². The van der Waals surface area contributed by atoms with Crippen LogP contribution in [-0.2, 0) is 0 Å². The van der Waals surface area contributed by atoms with Crippen LogP contribution < -0.4 is 9.47 Å². The number of hydrogen-bond donors (Lipinski definition) is 0. The molecule has 0 unspecified atom stereocenters. The Balaban J connectivity index is 1.57. The van der Waals surface area contributed by atoms with Gasteiger partial charge in [0.1, 0.15) is 17.3 Å². The van der Waals surface area contributed by atoms with Crippen molar-refractivity contribution in [2.45, 2.75) is 18.7 Å². The van der Waals surface area contributed by atoms with E-state index in [1.54, 1.807) is 19.2 Å². The molecule has 2 atom stereocenters. The maximum atomic E-state index is 13.5. The van der Waals surface area contributed by atoms with Gasteiger partial charge in [-0.3, -0.25) is 0 Å². The maximum Gasteiger partial charge on any atom is 0.213 e. The largest absolute Gasteiger partial charge is 0.497 e. The van der Waals surface area contributed by atoms with Crippen molar-refractivity contribution in [2.75, 3.05) is 7.11 Å². The molecule has 4 nitrogen and oxygen atoms in total. The standard InChI is InChI=1S/C23H18BrFN2O2/c1-28-18-9-4-14(5-10-18)20-13-21-19-12-16(24)6-11-22(19)29-23(27(21)26-20)15-2-7-17(25)8-3-15/h2-12,21,23H,13H2,1H3/t21-,23+/m0/s1. The molecule has 0 radical (unpaired) electrons. The second-order valence-corrected chi connectivity index (χ2v) is 7.99. The second kappa shape index (κ2) is 7.19. The van der Waals surface area contributed by atoms with Crippen molar-refractivity contribution in [3.63, 3.8) is 0 Å². The lowest BCUT2D eigenvalue weighted by Crippen LogP contribution is -2.33. The molecule has 0 aromatic heterocycles. The van der Waals surface area contributed by atoms with Crippen molar-refractivity contribution >= 4 is 21.6 Å². The first-order chi connectivity index (χ1) is 14.1. The van der Waals surface area contributed by atoms with Crippen molar-refractivity contribution in [1.82, 2.24) is 5.01 Å². The molecule has 6 heteroatoms. The van der Waals surface area contributed by atoms with Crippen LogP contribution in [0, 0.1) is 5.82 Å². The van der Waals surface area contributed by atoms with Crippen molar-refractivity contribution in [1.29, 1.82) is 0 Å². The van der Waals surface area contributed by atoms with Crippen molar-refractivity contribution in [2.24, 2.45) is 5.10 Å². The van der Waals surface area contributed by atoms with E-state index in [0.717, 1.165) is 44.8 Å². The number of benzene rings is 3. The van der Waals surface area contributed by atoms with Crippen LogP contribution in [0.2, 0.25) is 0 Å². The normalized spacial score (nSPS) is 19.8. The summed E-state index contributed by atoms with van der Waals surface area (Å²) < 4.78 is 26.0. The molecule has 3 aromatic rings. The number of fused-ring (bicyclic) bond motifs is 3. The van der Waals surface area contributed by atoms with E-state index in [0.29, 0.717) is 0 Å². The van der Waals surface area contributed by atoms with E-state index < -0.39 is 6.23 Å². The van der Waals surface area contributed by atoms with Crippen molar-refractivity contribution < 1.29 is 13.9 Å². The molecule has 0 saturated heterocycles. The Morgan fingerprint density at radius 1 is 1.07 bits per heavy atom. The summed E-state index contributed by atoms with van der Waals surface area (Å²) in [7, 11) is 1.65. The number of nitrogens with zero attached hydrogens (tertiary/aromatic N) is 2. The highest BCUT2D eigenvalue weighted by Gasteiger charge is 2.41. The Hall–Kier alpha value is -2.86. The van der Waals surface area contributed by atoms with Crippen LogP contribution >= 0.6 is 15.9 Å². The smallest absolute Gasteiger partial charge is 0.213 e. The zero-order chi connectivity index (χ0) is 20.0. The zero-order valence-corrected chi connectivity index (χ0v) is 17.3. The number of hydrazone groups is 1. The highest BCUT2D eigenvalue weighted by Crippen LogP contribution is 2.48. The predicted molar refractivity (Wildman–Crippen MR) is 113 cm³/mol. The molecule has 2 aliphatic heterocycles. The Labute approximate surface area is 176 Å². The first kappa shape index (κ1) is 18.2. The van der Waals surface area contributed by atoms with Gasteiger partial charge in [-0.2, -0.15) is 5.10 Å². The molecule has 2 heterocycles. The summed E-state index contributed by atoms with van der Waals surface area (Å²) in [5.41, 5.74) is 3.99. The second-order valence-electron chi connectivity index (χ2n) is 7.08. The van der Waals surface area contributed by atoms with Gasteiger partial charge in [-0.05, 0) is 60.2 Å². The van der Waals surface area contributed by atoms with Gasteiger partial charge in [-0.25, -0.2) is 9.40 Å². The van der Waals surface area contributed by atoms with Crippen LogP contribution in [0.15, 0.2) is 76.3 Å². The van der Waals surface area contributed by atoms with E-state index in [1.807, 2.05) is 41.4 Å². The first-order valence-corrected chi connectivity index (χ1v) is 10.1. The molecule has 0 fully saturated rings. The SMILES string of the molecule is COc1ccc(C2=NN3[C@@H](c4ccc(F)cc4)Oc4ccc(Br)cc4[C@@H]3C2)cc1. The van der Waals surface area contributed by atoms with Gasteiger partial charge < -0.3 is 9.47 Å². The lowest BCUT2D eigenvalue weighted by molar-refractivity contribution is -0.0191. The fraction of sp³-hybridized carbons (Fsp3) is 0.174. The van der Waals surface area contributed by atoms with Gasteiger partial charge in [-0.1, -0.05) is 28.1 Å². The third-order valence-corrected chi connectivity index (χ3v) is 5.82. The average molecular weight is 453 g/mol. The lowest BCUT2D eigenvalue weighted by atomic mass is 9.96. The molecule has 5 rings (SSSR count). The molecule has 0 spiro atoms. The summed E-state index contributed by atoms with van der Waals surface area (Å²) in [5, 5.41) is 6.91. The Morgan fingerprint density at radius 2 is 1.83 bits per heavy atom. The molecule has 146 valence electrons. The molecule has 2 aliphatic rings. The number of ether oxygens (including phenoxy) is 2. The molecule has 0 aliphatic carbocycles. The highest BCUT2D eigenvalue weighted by atomic mass is 79.9. The number of rotatable bonds is 3. The van der Waals surface area contributed by atoms with Gasteiger partial charge in [0, 0.05) is 22.0 Å². The minimum atomic E-state index is -0.412. The Bertz CT molecular complexity index is 1080. The fourth-order valence-corrected chi connectivity index (χ4v) is 4.24. The van der Waals surface area contributed by atoms with Crippen LogP contribution in [-0.4, -0.2) is 17.8 Å². The summed E-state index contributed by atoms with van der Waals surface area (Å²) in [5.74, 6) is 1.37. The van der Waals surface area contributed by atoms with Crippen LogP contribution in [0.3, 0.4) is 0 Å². The molecule has 0 N–H and O–H groups in total. The minimum absolute atomic E-state index is 0.0448. The van der Waals surface area contributed by atoms with Gasteiger partial charge in [0.2, 0.25) is 6.23 Å². The van der Waals surface area contributed by atoms with Crippen LogP contribution in [0.4, 0.5) is 4.39 Å². The quantitative estimate of drug-likeness (QED) is 0.500. The van der Waals surface area contributed by atoms with Gasteiger partial charge in [0.05, 0.1) is 18.9 Å². The van der Waals surface area contributed by atoms with Crippen LogP contribution in [0.1, 0.15) is 35.4 Å². The molecule has 0 saturated carbocycles. The van der Waals surface area contributed by atoms with Gasteiger partial charge in [-0.15, -0.1) is 0 Å². The van der Waals surface area contributed by atoms with Crippen LogP contribution in [0.25, 0.3) is 0 Å². The van der Waals surface area contributed by atoms with Gasteiger partial charge >= 0.3 is 0 Å². The number of hydrogen-bond acceptors (Lipinski definition) is 4. The minimum Gasteiger partial charge on any atom is -0.497 e. The number of halogens is 2. The number of methoxy groups -OCH3 is 1. The average Bonchev–Trinajstić information content (AvgIpc) is 3.20. The molecule has 29 heavy (non-hydrogen) atoms. The highest BCUT2D eigenvalue weighted by molar-refractivity contribution is 9.10. The monoisotopic (exact) mass is 452 g/mol. The van der Waals surface area contributed by atoms with Crippen molar-refractivity contribution in [3.05, 3.63) is 93.7 Å². The third-order valence-electron chi connectivity index (χ3n) is 5.33. The van der Waals surface area contributed by atoms with E-state index in [9.17, 15) is 4.39 Å². The Kier molecular flexibility index (Phi) is 4.51. The summed E-state index contributed by atoms with van der Waals surface area (Å²) in [6, 6.07) is 20.4. The molecular weight excluding hydrogens is 435 g/mol. The molecule has 0 bridgehead atoms. The van der Waals surface area contributed by atoms with Crippen LogP contribution in [0.5, 0.6) is 11.5 Å². The first-order valence-electron chi connectivity index (χ1n) is 9.34. The molecule has 3 aromatic carbocycles. The predicted octanol–water partition coefficient (Wildman–Crippen LogP) is 5.84. The molecular formula is C23H18BrFN2O2. The summed E-state index contributed by atoms with van der Waals surface area (Å²) >= 11 is 3.56.